The van der Waals surface area contributed by atoms with Crippen LogP contribution in [0.15, 0.2) is 0 Å². The largest absolute Gasteiger partial charge is 0.395 e. The smallest absolute Gasteiger partial charge is 0.280 e. The van der Waals surface area contributed by atoms with Crippen LogP contribution < -0.4 is 4.72 Å². The molecule has 1 aliphatic heterocycles. The van der Waals surface area contributed by atoms with Crippen molar-refractivity contribution in [3.63, 3.8) is 0 Å². The Labute approximate surface area is 122 Å². The lowest BCUT2D eigenvalue weighted by molar-refractivity contribution is 0.152. The van der Waals surface area contributed by atoms with Crippen LogP contribution in [0.25, 0.3) is 0 Å². The average molecular weight is 304 g/mol. The van der Waals surface area contributed by atoms with Crippen LogP contribution in [-0.4, -0.2) is 43.1 Å². The minimum atomic E-state index is -3.45. The van der Waals surface area contributed by atoms with Crippen LogP contribution in [0.4, 0.5) is 0 Å². The molecule has 1 aliphatic carbocycles. The monoisotopic (exact) mass is 304 g/mol. The van der Waals surface area contributed by atoms with Gasteiger partial charge in [0, 0.05) is 18.6 Å². The fraction of sp³-hybridized carbons (Fsp3) is 1.00. The summed E-state index contributed by atoms with van der Waals surface area (Å²) in [5.41, 5.74) is 0. The molecule has 118 valence electrons. The van der Waals surface area contributed by atoms with Crippen molar-refractivity contribution >= 4 is 10.2 Å². The topological polar surface area (TPSA) is 69.6 Å². The standard InChI is InChI=1S/C14H28N2O3S/c1-2-12-6-8-13(9-7-12)15-20(18,19)16-10-4-3-5-14(16)11-17/h12-15,17H,2-11H2,1H3. The molecule has 0 aromatic carbocycles. The highest BCUT2D eigenvalue weighted by Gasteiger charge is 2.34. The third-order valence-corrected chi connectivity index (χ3v) is 6.56. The van der Waals surface area contributed by atoms with Gasteiger partial charge < -0.3 is 5.11 Å². The first kappa shape index (κ1) is 16.2. The number of rotatable bonds is 5. The van der Waals surface area contributed by atoms with Gasteiger partial charge in [0.15, 0.2) is 0 Å². The Morgan fingerprint density at radius 3 is 2.45 bits per heavy atom. The Morgan fingerprint density at radius 2 is 1.85 bits per heavy atom. The number of nitrogens with zero attached hydrogens (tertiary/aromatic N) is 1. The lowest BCUT2D eigenvalue weighted by Crippen LogP contribution is -2.53. The van der Waals surface area contributed by atoms with Crippen molar-refractivity contribution in [1.82, 2.24) is 9.03 Å². The molecule has 5 nitrogen and oxygen atoms in total. The fourth-order valence-electron chi connectivity index (χ4n) is 3.44. The summed E-state index contributed by atoms with van der Waals surface area (Å²) in [5, 5.41) is 9.36. The first-order valence-corrected chi connectivity index (χ1v) is 9.40. The van der Waals surface area contributed by atoms with E-state index >= 15 is 0 Å². The predicted octanol–water partition coefficient (Wildman–Crippen LogP) is 1.64. The van der Waals surface area contributed by atoms with E-state index in [0.717, 1.165) is 50.9 Å². The first-order valence-electron chi connectivity index (χ1n) is 7.96. The third-order valence-electron chi connectivity index (χ3n) is 4.83. The molecule has 0 amide bonds. The number of hydrogen-bond donors (Lipinski definition) is 2. The van der Waals surface area contributed by atoms with Gasteiger partial charge in [-0.2, -0.15) is 17.4 Å². The number of nitrogens with one attached hydrogen (secondary N) is 1. The van der Waals surface area contributed by atoms with Crippen molar-refractivity contribution in [2.45, 2.75) is 70.4 Å². The quantitative estimate of drug-likeness (QED) is 0.811. The molecule has 20 heavy (non-hydrogen) atoms. The summed E-state index contributed by atoms with van der Waals surface area (Å²) in [6.45, 7) is 2.66. The van der Waals surface area contributed by atoms with Crippen LogP contribution in [0.1, 0.15) is 58.3 Å². The van der Waals surface area contributed by atoms with Gasteiger partial charge in [-0.05, 0) is 44.4 Å². The Morgan fingerprint density at radius 1 is 1.15 bits per heavy atom. The Balaban J connectivity index is 1.93. The van der Waals surface area contributed by atoms with Crippen LogP contribution in [0.5, 0.6) is 0 Å². The van der Waals surface area contributed by atoms with Crippen LogP contribution in [-0.2, 0) is 10.2 Å². The molecular formula is C14H28N2O3S. The summed E-state index contributed by atoms with van der Waals surface area (Å²) in [7, 11) is -3.45. The van der Waals surface area contributed by atoms with Crippen LogP contribution >= 0.6 is 0 Å². The average Bonchev–Trinajstić information content (AvgIpc) is 2.47. The maximum Gasteiger partial charge on any atom is 0.280 e. The Kier molecular flexibility index (Phi) is 5.84. The first-order chi connectivity index (χ1) is 9.56. The van der Waals surface area contributed by atoms with E-state index in [0.29, 0.717) is 6.54 Å². The summed E-state index contributed by atoms with van der Waals surface area (Å²) in [4.78, 5) is 0. The van der Waals surface area contributed by atoms with Gasteiger partial charge in [0.05, 0.1) is 6.61 Å². The van der Waals surface area contributed by atoms with Crippen molar-refractivity contribution in [1.29, 1.82) is 0 Å². The van der Waals surface area contributed by atoms with Crippen molar-refractivity contribution in [2.24, 2.45) is 5.92 Å². The molecule has 2 fully saturated rings. The highest BCUT2D eigenvalue weighted by Crippen LogP contribution is 2.28. The third kappa shape index (κ3) is 3.93. The SMILES string of the molecule is CCC1CCC(NS(=O)(=O)N2CCCCC2CO)CC1. The number of piperidine rings is 1. The highest BCUT2D eigenvalue weighted by atomic mass is 32.2. The second kappa shape index (κ2) is 7.20. The maximum atomic E-state index is 12.5. The molecule has 1 atom stereocenters. The van der Waals surface area contributed by atoms with E-state index in [1.165, 1.54) is 10.7 Å². The summed E-state index contributed by atoms with van der Waals surface area (Å²) in [5.74, 6) is 0.760. The van der Waals surface area contributed by atoms with Crippen LogP contribution in [0, 0.1) is 5.92 Å². The molecule has 1 heterocycles. The summed E-state index contributed by atoms with van der Waals surface area (Å²) in [6, 6.07) is -0.169. The minimum absolute atomic E-state index is 0.0732. The maximum absolute atomic E-state index is 12.5. The number of aliphatic hydroxyl groups excluding tert-OH is 1. The molecule has 2 aliphatic rings. The zero-order valence-corrected chi connectivity index (χ0v) is 13.2. The normalized spacial score (nSPS) is 33.2. The van der Waals surface area contributed by atoms with E-state index in [1.807, 2.05) is 0 Å². The highest BCUT2D eigenvalue weighted by molar-refractivity contribution is 7.87. The van der Waals surface area contributed by atoms with Crippen molar-refractivity contribution in [3.05, 3.63) is 0 Å². The molecule has 6 heteroatoms. The second-order valence-corrected chi connectivity index (χ2v) is 7.85. The molecule has 0 radical (unpaired) electrons. The van der Waals surface area contributed by atoms with E-state index in [4.69, 9.17) is 0 Å². The molecular weight excluding hydrogens is 276 g/mol. The molecule has 2 rings (SSSR count). The van der Waals surface area contributed by atoms with E-state index in [-0.39, 0.29) is 18.7 Å². The molecule has 0 aromatic heterocycles. The molecule has 1 saturated heterocycles. The van der Waals surface area contributed by atoms with Crippen molar-refractivity contribution < 1.29 is 13.5 Å². The molecule has 0 spiro atoms. The zero-order chi connectivity index (χ0) is 14.6. The lowest BCUT2D eigenvalue weighted by Gasteiger charge is -2.36. The van der Waals surface area contributed by atoms with Gasteiger partial charge in [-0.15, -0.1) is 0 Å². The molecule has 0 aromatic rings. The zero-order valence-electron chi connectivity index (χ0n) is 12.4. The second-order valence-electron chi connectivity index (χ2n) is 6.19. The molecule has 2 N–H and O–H groups in total. The van der Waals surface area contributed by atoms with E-state index in [9.17, 15) is 13.5 Å². The molecule has 1 unspecified atom stereocenters. The van der Waals surface area contributed by atoms with Gasteiger partial charge in [-0.3, -0.25) is 0 Å². The Bertz CT molecular complexity index is 391. The van der Waals surface area contributed by atoms with Gasteiger partial charge in [-0.25, -0.2) is 0 Å². The lowest BCUT2D eigenvalue weighted by atomic mass is 9.85. The van der Waals surface area contributed by atoms with Crippen LogP contribution in [0.2, 0.25) is 0 Å². The number of hydrogen-bond acceptors (Lipinski definition) is 3. The Hall–Kier alpha value is -0.170. The van der Waals surface area contributed by atoms with Gasteiger partial charge in [0.25, 0.3) is 10.2 Å². The van der Waals surface area contributed by atoms with Gasteiger partial charge >= 0.3 is 0 Å². The summed E-state index contributed by atoms with van der Waals surface area (Å²) >= 11 is 0. The van der Waals surface area contributed by atoms with Crippen LogP contribution in [0.3, 0.4) is 0 Å². The van der Waals surface area contributed by atoms with E-state index in [1.54, 1.807) is 0 Å². The van der Waals surface area contributed by atoms with Gasteiger partial charge in [0.2, 0.25) is 0 Å². The van der Waals surface area contributed by atoms with Gasteiger partial charge in [0.1, 0.15) is 0 Å². The molecule has 0 bridgehead atoms. The summed E-state index contributed by atoms with van der Waals surface area (Å²) in [6.07, 6.45) is 7.96. The van der Waals surface area contributed by atoms with E-state index in [2.05, 4.69) is 11.6 Å². The van der Waals surface area contributed by atoms with E-state index < -0.39 is 10.2 Å². The minimum Gasteiger partial charge on any atom is -0.395 e. The number of aliphatic hydroxyl groups is 1. The molecule has 1 saturated carbocycles. The van der Waals surface area contributed by atoms with Crippen molar-refractivity contribution in [2.75, 3.05) is 13.2 Å². The predicted molar refractivity (Wildman–Crippen MR) is 79.5 cm³/mol. The fourth-order valence-corrected chi connectivity index (χ4v) is 5.17. The van der Waals surface area contributed by atoms with Gasteiger partial charge in [-0.1, -0.05) is 19.8 Å². The van der Waals surface area contributed by atoms with Crippen molar-refractivity contribution in [3.8, 4) is 0 Å². The summed E-state index contributed by atoms with van der Waals surface area (Å²) < 4.78 is 29.3.